The van der Waals surface area contributed by atoms with Crippen molar-refractivity contribution in [1.82, 2.24) is 15.1 Å². The molecule has 0 saturated heterocycles. The fourth-order valence-corrected chi connectivity index (χ4v) is 2.43. The van der Waals surface area contributed by atoms with E-state index < -0.39 is 4.92 Å². The second kappa shape index (κ2) is 6.69. The van der Waals surface area contributed by atoms with Crippen LogP contribution in [0.3, 0.4) is 0 Å². The third-order valence-corrected chi connectivity index (χ3v) is 3.71. The van der Waals surface area contributed by atoms with Crippen LogP contribution in [0.15, 0.2) is 24.3 Å². The van der Waals surface area contributed by atoms with E-state index in [0.29, 0.717) is 18.1 Å². The van der Waals surface area contributed by atoms with E-state index in [1.54, 1.807) is 16.8 Å². The molecule has 0 fully saturated rings. The number of nitro groups is 1. The summed E-state index contributed by atoms with van der Waals surface area (Å²) in [4.78, 5) is 10.2. The minimum atomic E-state index is -0.404. The quantitative estimate of drug-likeness (QED) is 0.658. The second-order valence-electron chi connectivity index (χ2n) is 4.71. The fourth-order valence-electron chi connectivity index (χ4n) is 2.07. The summed E-state index contributed by atoms with van der Waals surface area (Å²) in [5.74, 6) is 0. The SMILES string of the molecule is CCc1nn(C)c(CNCc2ccc([N+](=O)[O-])cc2)c1Cl. The first-order valence-corrected chi connectivity index (χ1v) is 7.05. The Hall–Kier alpha value is -1.92. The Morgan fingerprint density at radius 2 is 2.00 bits per heavy atom. The molecule has 2 aromatic rings. The Morgan fingerprint density at radius 3 is 2.52 bits per heavy atom. The van der Waals surface area contributed by atoms with Crippen molar-refractivity contribution in [3.63, 3.8) is 0 Å². The molecule has 0 aliphatic rings. The number of hydrogen-bond donors (Lipinski definition) is 1. The molecule has 0 unspecified atom stereocenters. The molecule has 0 spiro atoms. The zero-order valence-corrected chi connectivity index (χ0v) is 12.7. The predicted octanol–water partition coefficient (Wildman–Crippen LogP) is 2.83. The molecule has 0 saturated carbocycles. The summed E-state index contributed by atoms with van der Waals surface area (Å²) >= 11 is 6.27. The highest BCUT2D eigenvalue weighted by molar-refractivity contribution is 6.31. The Morgan fingerprint density at radius 1 is 1.33 bits per heavy atom. The first kappa shape index (κ1) is 15.5. The van der Waals surface area contributed by atoms with E-state index >= 15 is 0 Å². The average Bonchev–Trinajstić information content (AvgIpc) is 2.75. The van der Waals surface area contributed by atoms with E-state index in [9.17, 15) is 10.1 Å². The zero-order valence-electron chi connectivity index (χ0n) is 12.0. The molecule has 0 amide bonds. The van der Waals surface area contributed by atoms with Gasteiger partial charge in [-0.15, -0.1) is 0 Å². The Kier molecular flexibility index (Phi) is 4.93. The van der Waals surface area contributed by atoms with Crippen molar-refractivity contribution in [2.24, 2.45) is 7.05 Å². The molecule has 0 aliphatic carbocycles. The van der Waals surface area contributed by atoms with Gasteiger partial charge in [-0.05, 0) is 12.0 Å². The molecule has 1 heterocycles. The number of aromatic nitrogens is 2. The molecule has 21 heavy (non-hydrogen) atoms. The van der Waals surface area contributed by atoms with Crippen molar-refractivity contribution in [2.45, 2.75) is 26.4 Å². The van der Waals surface area contributed by atoms with Gasteiger partial charge in [0.15, 0.2) is 0 Å². The molecule has 2 rings (SSSR count). The van der Waals surface area contributed by atoms with Gasteiger partial charge in [0.05, 0.1) is 21.3 Å². The van der Waals surface area contributed by atoms with Crippen LogP contribution in [-0.2, 0) is 26.6 Å². The van der Waals surface area contributed by atoms with Crippen LogP contribution < -0.4 is 5.32 Å². The molecular weight excluding hydrogens is 292 g/mol. The highest BCUT2D eigenvalue weighted by atomic mass is 35.5. The Bertz CT molecular complexity index is 637. The number of hydrogen-bond acceptors (Lipinski definition) is 4. The van der Waals surface area contributed by atoms with Gasteiger partial charge >= 0.3 is 0 Å². The van der Waals surface area contributed by atoms with Crippen molar-refractivity contribution in [1.29, 1.82) is 0 Å². The third kappa shape index (κ3) is 3.59. The zero-order chi connectivity index (χ0) is 15.4. The highest BCUT2D eigenvalue weighted by Gasteiger charge is 2.12. The van der Waals surface area contributed by atoms with Gasteiger partial charge < -0.3 is 5.32 Å². The van der Waals surface area contributed by atoms with Gasteiger partial charge in [0.25, 0.3) is 5.69 Å². The molecule has 0 aliphatic heterocycles. The van der Waals surface area contributed by atoms with E-state index in [0.717, 1.165) is 23.4 Å². The smallest absolute Gasteiger partial charge is 0.269 e. The van der Waals surface area contributed by atoms with Crippen LogP contribution in [0.25, 0.3) is 0 Å². The maximum absolute atomic E-state index is 10.6. The number of nitrogens with zero attached hydrogens (tertiary/aromatic N) is 3. The standard InChI is InChI=1S/C14H17ClN4O2/c1-3-12-14(15)13(18(2)17-12)9-16-8-10-4-6-11(7-5-10)19(20)21/h4-7,16H,3,8-9H2,1-2H3. The lowest BCUT2D eigenvalue weighted by Gasteiger charge is -2.06. The van der Waals surface area contributed by atoms with Crippen molar-refractivity contribution in [2.75, 3.05) is 0 Å². The summed E-state index contributed by atoms with van der Waals surface area (Å²) in [7, 11) is 1.87. The van der Waals surface area contributed by atoms with Crippen LogP contribution in [0.1, 0.15) is 23.9 Å². The van der Waals surface area contributed by atoms with E-state index in [1.165, 1.54) is 12.1 Å². The molecule has 1 N–H and O–H groups in total. The molecule has 0 bridgehead atoms. The van der Waals surface area contributed by atoms with Crippen molar-refractivity contribution < 1.29 is 4.92 Å². The number of non-ortho nitro benzene ring substituents is 1. The molecule has 0 atom stereocenters. The maximum atomic E-state index is 10.6. The summed E-state index contributed by atoms with van der Waals surface area (Å²) in [6.45, 7) is 3.22. The predicted molar refractivity (Wildman–Crippen MR) is 81.2 cm³/mol. The largest absolute Gasteiger partial charge is 0.307 e. The van der Waals surface area contributed by atoms with Gasteiger partial charge in [-0.2, -0.15) is 5.10 Å². The van der Waals surface area contributed by atoms with Gasteiger partial charge in [-0.25, -0.2) is 0 Å². The average molecular weight is 309 g/mol. The van der Waals surface area contributed by atoms with Gasteiger partial charge in [-0.1, -0.05) is 30.7 Å². The normalized spacial score (nSPS) is 10.8. The van der Waals surface area contributed by atoms with Crippen LogP contribution in [0.2, 0.25) is 5.02 Å². The number of nitro benzene ring substituents is 1. The molecule has 0 radical (unpaired) electrons. The van der Waals surface area contributed by atoms with Crippen LogP contribution >= 0.6 is 11.6 Å². The van der Waals surface area contributed by atoms with E-state index in [1.807, 2.05) is 14.0 Å². The fraction of sp³-hybridized carbons (Fsp3) is 0.357. The molecule has 7 heteroatoms. The van der Waals surface area contributed by atoms with E-state index in [4.69, 9.17) is 11.6 Å². The lowest BCUT2D eigenvalue weighted by molar-refractivity contribution is -0.384. The highest BCUT2D eigenvalue weighted by Crippen LogP contribution is 2.20. The Labute approximate surface area is 127 Å². The Balaban J connectivity index is 1.95. The lowest BCUT2D eigenvalue weighted by Crippen LogP contribution is -2.15. The third-order valence-electron chi connectivity index (χ3n) is 3.27. The summed E-state index contributed by atoms with van der Waals surface area (Å²) < 4.78 is 1.78. The van der Waals surface area contributed by atoms with Crippen molar-refractivity contribution in [3.8, 4) is 0 Å². The van der Waals surface area contributed by atoms with E-state index in [-0.39, 0.29) is 5.69 Å². The minimum absolute atomic E-state index is 0.0982. The van der Waals surface area contributed by atoms with E-state index in [2.05, 4.69) is 10.4 Å². The second-order valence-corrected chi connectivity index (χ2v) is 5.09. The number of benzene rings is 1. The summed E-state index contributed by atoms with van der Waals surface area (Å²) in [6.07, 6.45) is 0.801. The summed E-state index contributed by atoms with van der Waals surface area (Å²) in [6, 6.07) is 6.49. The molecule has 112 valence electrons. The van der Waals surface area contributed by atoms with Gasteiger partial charge in [-0.3, -0.25) is 14.8 Å². The molecular formula is C14H17ClN4O2. The summed E-state index contributed by atoms with van der Waals surface area (Å²) in [5.41, 5.74) is 2.91. The van der Waals surface area contributed by atoms with Crippen LogP contribution in [0.4, 0.5) is 5.69 Å². The molecule has 6 nitrogen and oxygen atoms in total. The molecule has 1 aromatic heterocycles. The maximum Gasteiger partial charge on any atom is 0.269 e. The first-order chi connectivity index (χ1) is 10.0. The van der Waals surface area contributed by atoms with Crippen LogP contribution in [-0.4, -0.2) is 14.7 Å². The first-order valence-electron chi connectivity index (χ1n) is 6.67. The minimum Gasteiger partial charge on any atom is -0.307 e. The molecule has 1 aromatic carbocycles. The van der Waals surface area contributed by atoms with Gasteiger partial charge in [0.1, 0.15) is 0 Å². The van der Waals surface area contributed by atoms with Crippen molar-refractivity contribution >= 4 is 17.3 Å². The topological polar surface area (TPSA) is 73.0 Å². The number of rotatable bonds is 6. The van der Waals surface area contributed by atoms with Crippen LogP contribution in [0.5, 0.6) is 0 Å². The van der Waals surface area contributed by atoms with Gasteiger partial charge in [0, 0.05) is 32.3 Å². The van der Waals surface area contributed by atoms with Crippen LogP contribution in [0, 0.1) is 10.1 Å². The van der Waals surface area contributed by atoms with Crippen molar-refractivity contribution in [3.05, 3.63) is 56.4 Å². The monoisotopic (exact) mass is 308 g/mol. The summed E-state index contributed by atoms with van der Waals surface area (Å²) in [5, 5.41) is 18.9. The number of nitrogens with one attached hydrogen (secondary N) is 1. The number of halogens is 1. The lowest BCUT2D eigenvalue weighted by atomic mass is 10.2. The van der Waals surface area contributed by atoms with Gasteiger partial charge in [0.2, 0.25) is 0 Å². The number of aryl methyl sites for hydroxylation is 2.